The molecule has 0 bridgehead atoms. The lowest BCUT2D eigenvalue weighted by atomic mass is 9.80. The highest BCUT2D eigenvalue weighted by Crippen LogP contribution is 2.36. The SMILES string of the molecule is CC(C)(C)C1CCN(S(=O)(=O)c2ccc(CN)c(Cl)c2)C1. The Morgan fingerprint density at radius 1 is 1.38 bits per heavy atom. The molecule has 2 rings (SSSR count). The number of rotatable bonds is 3. The molecular formula is C15H23ClN2O2S. The van der Waals surface area contributed by atoms with E-state index in [1.54, 1.807) is 16.4 Å². The predicted molar refractivity (Wildman–Crippen MR) is 85.7 cm³/mol. The van der Waals surface area contributed by atoms with Crippen molar-refractivity contribution in [3.8, 4) is 0 Å². The third-order valence-electron chi connectivity index (χ3n) is 4.26. The van der Waals surface area contributed by atoms with E-state index in [1.807, 2.05) is 0 Å². The van der Waals surface area contributed by atoms with Gasteiger partial charge < -0.3 is 5.73 Å². The maximum absolute atomic E-state index is 12.7. The van der Waals surface area contributed by atoms with Crippen molar-refractivity contribution in [1.29, 1.82) is 0 Å². The lowest BCUT2D eigenvalue weighted by Crippen LogP contribution is -2.31. The van der Waals surface area contributed by atoms with Crippen LogP contribution in [-0.2, 0) is 16.6 Å². The van der Waals surface area contributed by atoms with Gasteiger partial charge in [0.2, 0.25) is 10.0 Å². The van der Waals surface area contributed by atoms with Gasteiger partial charge in [0, 0.05) is 24.7 Å². The number of hydrogen-bond donors (Lipinski definition) is 1. The first-order chi connectivity index (χ1) is 9.66. The van der Waals surface area contributed by atoms with Crippen molar-refractivity contribution in [3.05, 3.63) is 28.8 Å². The van der Waals surface area contributed by atoms with Crippen molar-refractivity contribution < 1.29 is 8.42 Å². The van der Waals surface area contributed by atoms with E-state index in [4.69, 9.17) is 17.3 Å². The first-order valence-electron chi connectivity index (χ1n) is 7.15. The Labute approximate surface area is 132 Å². The minimum absolute atomic E-state index is 0.116. The van der Waals surface area contributed by atoms with Crippen LogP contribution in [0.15, 0.2) is 23.1 Å². The van der Waals surface area contributed by atoms with E-state index in [2.05, 4.69) is 20.8 Å². The second-order valence-corrected chi connectivity index (χ2v) is 9.02. The van der Waals surface area contributed by atoms with Crippen LogP contribution in [0.25, 0.3) is 0 Å². The Bertz CT molecular complexity index is 623. The van der Waals surface area contributed by atoms with E-state index < -0.39 is 10.0 Å². The van der Waals surface area contributed by atoms with Crippen molar-refractivity contribution in [2.24, 2.45) is 17.1 Å². The van der Waals surface area contributed by atoms with Gasteiger partial charge >= 0.3 is 0 Å². The van der Waals surface area contributed by atoms with Crippen molar-refractivity contribution >= 4 is 21.6 Å². The Morgan fingerprint density at radius 2 is 2.05 bits per heavy atom. The summed E-state index contributed by atoms with van der Waals surface area (Å²) in [6.45, 7) is 7.90. The lowest BCUT2D eigenvalue weighted by Gasteiger charge is -2.26. The monoisotopic (exact) mass is 330 g/mol. The topological polar surface area (TPSA) is 63.4 Å². The van der Waals surface area contributed by atoms with Crippen LogP contribution < -0.4 is 5.73 Å². The maximum atomic E-state index is 12.7. The molecule has 0 radical (unpaired) electrons. The zero-order chi connectivity index (χ0) is 15.8. The molecule has 0 saturated carbocycles. The standard InChI is InChI=1S/C15H23ClN2O2S/c1-15(2,3)12-6-7-18(10-12)21(19,20)13-5-4-11(9-17)14(16)8-13/h4-5,8,12H,6-7,9-10,17H2,1-3H3. The van der Waals surface area contributed by atoms with E-state index in [0.717, 1.165) is 12.0 Å². The van der Waals surface area contributed by atoms with Crippen LogP contribution in [0.2, 0.25) is 5.02 Å². The van der Waals surface area contributed by atoms with E-state index in [1.165, 1.54) is 6.07 Å². The average molecular weight is 331 g/mol. The van der Waals surface area contributed by atoms with Gasteiger partial charge in [-0.1, -0.05) is 38.4 Å². The van der Waals surface area contributed by atoms with E-state index >= 15 is 0 Å². The molecule has 1 saturated heterocycles. The van der Waals surface area contributed by atoms with E-state index in [9.17, 15) is 8.42 Å². The predicted octanol–water partition coefficient (Wildman–Crippen LogP) is 2.86. The molecule has 1 aliphatic heterocycles. The number of nitrogens with two attached hydrogens (primary N) is 1. The minimum atomic E-state index is -3.47. The molecule has 1 unspecified atom stereocenters. The molecule has 6 heteroatoms. The molecule has 2 N–H and O–H groups in total. The van der Waals surface area contributed by atoms with Crippen LogP contribution in [0, 0.1) is 11.3 Å². The van der Waals surface area contributed by atoms with Crippen molar-refractivity contribution in [2.75, 3.05) is 13.1 Å². The van der Waals surface area contributed by atoms with Gasteiger partial charge in [-0.15, -0.1) is 0 Å². The summed E-state index contributed by atoms with van der Waals surface area (Å²) < 4.78 is 27.0. The molecule has 0 spiro atoms. The Hall–Kier alpha value is -0.620. The molecular weight excluding hydrogens is 308 g/mol. The molecule has 4 nitrogen and oxygen atoms in total. The second kappa shape index (κ2) is 5.88. The van der Waals surface area contributed by atoms with Gasteiger partial charge in [-0.05, 0) is 35.4 Å². The van der Waals surface area contributed by atoms with Crippen molar-refractivity contribution in [1.82, 2.24) is 4.31 Å². The summed E-state index contributed by atoms with van der Waals surface area (Å²) >= 11 is 6.08. The Balaban J connectivity index is 2.25. The van der Waals surface area contributed by atoms with Crippen molar-refractivity contribution in [3.63, 3.8) is 0 Å². The Morgan fingerprint density at radius 3 is 2.52 bits per heavy atom. The molecule has 1 aromatic carbocycles. The lowest BCUT2D eigenvalue weighted by molar-refractivity contribution is 0.252. The molecule has 1 aliphatic rings. The highest BCUT2D eigenvalue weighted by Gasteiger charge is 2.37. The van der Waals surface area contributed by atoms with Crippen LogP contribution >= 0.6 is 11.6 Å². The summed E-state index contributed by atoms with van der Waals surface area (Å²) in [7, 11) is -3.47. The van der Waals surface area contributed by atoms with E-state index in [-0.39, 0.29) is 10.3 Å². The molecule has 0 aliphatic carbocycles. The molecule has 0 amide bonds. The molecule has 0 aromatic heterocycles. The minimum Gasteiger partial charge on any atom is -0.326 e. The zero-order valence-corrected chi connectivity index (χ0v) is 14.3. The third kappa shape index (κ3) is 3.42. The van der Waals surface area contributed by atoms with Crippen LogP contribution in [0.1, 0.15) is 32.8 Å². The fourth-order valence-corrected chi connectivity index (χ4v) is 4.51. The summed E-state index contributed by atoms with van der Waals surface area (Å²) in [5.74, 6) is 0.381. The van der Waals surface area contributed by atoms with Gasteiger partial charge in [-0.25, -0.2) is 8.42 Å². The maximum Gasteiger partial charge on any atom is 0.243 e. The van der Waals surface area contributed by atoms with Crippen LogP contribution in [-0.4, -0.2) is 25.8 Å². The summed E-state index contributed by atoms with van der Waals surface area (Å²) in [6.07, 6.45) is 0.900. The van der Waals surface area contributed by atoms with E-state index in [0.29, 0.717) is 30.6 Å². The van der Waals surface area contributed by atoms with Crippen LogP contribution in [0.5, 0.6) is 0 Å². The summed E-state index contributed by atoms with van der Waals surface area (Å²) in [4.78, 5) is 0.249. The number of halogens is 1. The van der Waals surface area contributed by atoms with Gasteiger partial charge in [0.15, 0.2) is 0 Å². The number of benzene rings is 1. The fraction of sp³-hybridized carbons (Fsp3) is 0.600. The van der Waals surface area contributed by atoms with Gasteiger partial charge in [0.05, 0.1) is 4.90 Å². The Kier molecular flexibility index (Phi) is 4.69. The summed E-state index contributed by atoms with van der Waals surface area (Å²) in [5.41, 5.74) is 6.42. The summed E-state index contributed by atoms with van der Waals surface area (Å²) in [6, 6.07) is 4.78. The average Bonchev–Trinajstić information content (AvgIpc) is 2.88. The summed E-state index contributed by atoms with van der Waals surface area (Å²) in [5, 5.41) is 0.408. The highest BCUT2D eigenvalue weighted by molar-refractivity contribution is 7.89. The first kappa shape index (κ1) is 16.7. The molecule has 1 aromatic rings. The molecule has 118 valence electrons. The third-order valence-corrected chi connectivity index (χ3v) is 6.47. The number of nitrogens with zero attached hydrogens (tertiary/aromatic N) is 1. The highest BCUT2D eigenvalue weighted by atomic mass is 35.5. The quantitative estimate of drug-likeness (QED) is 0.926. The van der Waals surface area contributed by atoms with Gasteiger partial charge in [-0.2, -0.15) is 4.31 Å². The van der Waals surface area contributed by atoms with Gasteiger partial charge in [0.1, 0.15) is 0 Å². The first-order valence-corrected chi connectivity index (χ1v) is 8.96. The zero-order valence-electron chi connectivity index (χ0n) is 12.8. The molecule has 21 heavy (non-hydrogen) atoms. The molecule has 1 fully saturated rings. The normalized spacial score (nSPS) is 20.9. The van der Waals surface area contributed by atoms with Gasteiger partial charge in [0.25, 0.3) is 0 Å². The smallest absolute Gasteiger partial charge is 0.243 e. The number of hydrogen-bond acceptors (Lipinski definition) is 3. The molecule has 1 atom stereocenters. The molecule has 1 heterocycles. The number of sulfonamides is 1. The van der Waals surface area contributed by atoms with Crippen LogP contribution in [0.3, 0.4) is 0 Å². The fourth-order valence-electron chi connectivity index (χ4n) is 2.66. The largest absolute Gasteiger partial charge is 0.326 e. The van der Waals surface area contributed by atoms with Crippen molar-refractivity contribution in [2.45, 2.75) is 38.6 Å². The second-order valence-electron chi connectivity index (χ2n) is 6.67. The van der Waals surface area contributed by atoms with Crippen LogP contribution in [0.4, 0.5) is 0 Å². The van der Waals surface area contributed by atoms with Gasteiger partial charge in [-0.3, -0.25) is 0 Å².